The van der Waals surface area contributed by atoms with Crippen LogP contribution < -0.4 is 5.48 Å². The highest BCUT2D eigenvalue weighted by atomic mass is 16.5. The average Bonchev–Trinajstić information content (AvgIpc) is 2.56. The number of carbonyl (C=O) groups is 1. The van der Waals surface area contributed by atoms with Gasteiger partial charge in [0.05, 0.1) is 5.71 Å². The Morgan fingerprint density at radius 2 is 1.57 bits per heavy atom. The lowest BCUT2D eigenvalue weighted by molar-refractivity contribution is -0.129. The predicted octanol–water partition coefficient (Wildman–Crippen LogP) is 2.82. The van der Waals surface area contributed by atoms with Gasteiger partial charge in [-0.3, -0.25) is 10.0 Å². The van der Waals surface area contributed by atoms with Gasteiger partial charge >= 0.3 is 0 Å². The molecule has 0 atom stereocenters. The quantitative estimate of drug-likeness (QED) is 0.342. The van der Waals surface area contributed by atoms with Crippen molar-refractivity contribution in [3.05, 3.63) is 60.2 Å². The zero-order chi connectivity index (χ0) is 15.1. The Bertz CT molecular complexity index is 622. The molecule has 2 aromatic carbocycles. The summed E-state index contributed by atoms with van der Waals surface area (Å²) >= 11 is 0. The molecule has 0 spiro atoms. The zero-order valence-corrected chi connectivity index (χ0v) is 11.4. The van der Waals surface area contributed by atoms with E-state index in [0.29, 0.717) is 5.71 Å². The number of nitrogens with one attached hydrogen (secondary N) is 1. The number of benzene rings is 2. The normalized spacial score (nSPS) is 11.2. The second-order valence-corrected chi connectivity index (χ2v) is 4.53. The predicted molar refractivity (Wildman–Crippen MR) is 79.4 cm³/mol. The second-order valence-electron chi connectivity index (χ2n) is 4.53. The van der Waals surface area contributed by atoms with E-state index in [1.54, 1.807) is 5.48 Å². The Balaban J connectivity index is 2.12. The number of amides is 1. The third kappa shape index (κ3) is 3.90. The first-order chi connectivity index (χ1) is 10.2. The fourth-order valence-corrected chi connectivity index (χ4v) is 2.03. The molecule has 0 heterocycles. The minimum absolute atomic E-state index is 0.0519. The van der Waals surface area contributed by atoms with Gasteiger partial charge in [-0.1, -0.05) is 59.8 Å². The summed E-state index contributed by atoms with van der Waals surface area (Å²) in [6.07, 6.45) is 0.296. The maximum Gasteiger partial charge on any atom is 0.243 e. The van der Waals surface area contributed by atoms with E-state index in [0.717, 1.165) is 16.7 Å². The van der Waals surface area contributed by atoms with Gasteiger partial charge in [-0.05, 0) is 16.7 Å². The molecular formula is C16H16N2O3. The number of hydroxylamine groups is 1. The van der Waals surface area contributed by atoms with Crippen LogP contribution in [0.4, 0.5) is 0 Å². The molecule has 5 heteroatoms. The summed E-state index contributed by atoms with van der Waals surface area (Å²) in [5, 5.41) is 20.7. The summed E-state index contributed by atoms with van der Waals surface area (Å²) < 4.78 is 0. The van der Waals surface area contributed by atoms with Crippen molar-refractivity contribution >= 4 is 11.6 Å². The van der Waals surface area contributed by atoms with Gasteiger partial charge in [0.2, 0.25) is 5.91 Å². The van der Waals surface area contributed by atoms with Crippen molar-refractivity contribution in [3.63, 3.8) is 0 Å². The molecule has 0 fully saturated rings. The van der Waals surface area contributed by atoms with Crippen LogP contribution in [0.25, 0.3) is 11.1 Å². The van der Waals surface area contributed by atoms with E-state index in [-0.39, 0.29) is 12.8 Å². The maximum atomic E-state index is 11.0. The van der Waals surface area contributed by atoms with Gasteiger partial charge in [0.15, 0.2) is 0 Å². The highest BCUT2D eigenvalue weighted by molar-refractivity contribution is 6.01. The second kappa shape index (κ2) is 7.21. The summed E-state index contributed by atoms with van der Waals surface area (Å²) in [6, 6.07) is 17.5. The van der Waals surface area contributed by atoms with Crippen molar-refractivity contribution in [2.24, 2.45) is 5.16 Å². The SMILES string of the molecule is O=C(CC/C(=N\O)c1ccc(-c2ccccc2)cc1)NO. The molecule has 0 saturated heterocycles. The molecule has 3 N–H and O–H groups in total. The molecule has 0 aliphatic carbocycles. The molecule has 0 aliphatic heterocycles. The van der Waals surface area contributed by atoms with Crippen molar-refractivity contribution in [1.29, 1.82) is 0 Å². The monoisotopic (exact) mass is 284 g/mol. The Morgan fingerprint density at radius 3 is 2.14 bits per heavy atom. The van der Waals surface area contributed by atoms with Gasteiger partial charge in [0.1, 0.15) is 0 Å². The largest absolute Gasteiger partial charge is 0.411 e. The lowest BCUT2D eigenvalue weighted by atomic mass is 10.0. The number of oxime groups is 1. The molecule has 0 bridgehead atoms. The summed E-state index contributed by atoms with van der Waals surface area (Å²) in [5.41, 5.74) is 4.85. The van der Waals surface area contributed by atoms with E-state index in [2.05, 4.69) is 5.16 Å². The molecule has 0 aromatic heterocycles. The van der Waals surface area contributed by atoms with E-state index in [9.17, 15) is 4.79 Å². The molecular weight excluding hydrogens is 268 g/mol. The van der Waals surface area contributed by atoms with Crippen LogP contribution in [0.3, 0.4) is 0 Å². The van der Waals surface area contributed by atoms with Crippen molar-refractivity contribution in [2.45, 2.75) is 12.8 Å². The molecule has 2 aromatic rings. The molecule has 0 radical (unpaired) electrons. The van der Waals surface area contributed by atoms with Gasteiger partial charge < -0.3 is 5.21 Å². The van der Waals surface area contributed by atoms with Crippen molar-refractivity contribution < 1.29 is 15.2 Å². The molecule has 0 saturated carbocycles. The smallest absolute Gasteiger partial charge is 0.243 e. The summed E-state index contributed by atoms with van der Waals surface area (Å²) in [4.78, 5) is 11.0. The van der Waals surface area contributed by atoms with E-state index < -0.39 is 5.91 Å². The van der Waals surface area contributed by atoms with Gasteiger partial charge in [-0.25, -0.2) is 5.48 Å². The van der Waals surface area contributed by atoms with Gasteiger partial charge in [0, 0.05) is 12.8 Å². The van der Waals surface area contributed by atoms with Crippen LogP contribution in [-0.4, -0.2) is 22.0 Å². The first kappa shape index (κ1) is 14.7. The minimum Gasteiger partial charge on any atom is -0.411 e. The van der Waals surface area contributed by atoms with Crippen LogP contribution in [-0.2, 0) is 4.79 Å². The molecule has 0 aliphatic rings. The molecule has 21 heavy (non-hydrogen) atoms. The number of nitrogens with zero attached hydrogens (tertiary/aromatic N) is 1. The average molecular weight is 284 g/mol. The zero-order valence-electron chi connectivity index (χ0n) is 11.4. The van der Waals surface area contributed by atoms with E-state index >= 15 is 0 Å². The third-order valence-corrected chi connectivity index (χ3v) is 3.16. The fraction of sp³-hybridized carbons (Fsp3) is 0.125. The molecule has 108 valence electrons. The van der Waals surface area contributed by atoms with Crippen LogP contribution in [0.5, 0.6) is 0 Å². The van der Waals surface area contributed by atoms with Gasteiger partial charge in [0.25, 0.3) is 0 Å². The van der Waals surface area contributed by atoms with Crippen molar-refractivity contribution in [1.82, 2.24) is 5.48 Å². The lowest BCUT2D eigenvalue weighted by Crippen LogP contribution is -2.19. The molecule has 5 nitrogen and oxygen atoms in total. The fourth-order valence-electron chi connectivity index (χ4n) is 2.03. The standard InChI is InChI=1S/C16H16N2O3/c19-16(18-21)11-10-15(17-20)14-8-6-13(7-9-14)12-4-2-1-3-5-12/h1-9,20-21H,10-11H2,(H,18,19)/b17-15+. The lowest BCUT2D eigenvalue weighted by Gasteiger charge is -2.06. The Hall–Kier alpha value is -2.66. The van der Waals surface area contributed by atoms with Crippen molar-refractivity contribution in [3.8, 4) is 11.1 Å². The Morgan fingerprint density at radius 1 is 0.952 bits per heavy atom. The van der Waals surface area contributed by atoms with E-state index in [1.807, 2.05) is 54.6 Å². The third-order valence-electron chi connectivity index (χ3n) is 3.16. The molecule has 2 rings (SSSR count). The number of rotatable bonds is 5. The van der Waals surface area contributed by atoms with Gasteiger partial charge in [-0.15, -0.1) is 0 Å². The van der Waals surface area contributed by atoms with E-state index in [4.69, 9.17) is 10.4 Å². The first-order valence-corrected chi connectivity index (χ1v) is 6.54. The Labute approximate surface area is 122 Å². The summed E-state index contributed by atoms with van der Waals surface area (Å²) in [6.45, 7) is 0. The topological polar surface area (TPSA) is 81.9 Å². The van der Waals surface area contributed by atoms with Crippen LogP contribution in [0.15, 0.2) is 59.8 Å². The summed E-state index contributed by atoms with van der Waals surface area (Å²) in [7, 11) is 0. The molecule has 1 amide bonds. The van der Waals surface area contributed by atoms with Crippen LogP contribution in [0, 0.1) is 0 Å². The number of hydrogen-bond acceptors (Lipinski definition) is 4. The first-order valence-electron chi connectivity index (χ1n) is 6.54. The van der Waals surface area contributed by atoms with Gasteiger partial charge in [-0.2, -0.15) is 0 Å². The van der Waals surface area contributed by atoms with Crippen LogP contribution in [0.1, 0.15) is 18.4 Å². The number of hydrogen-bond donors (Lipinski definition) is 3. The van der Waals surface area contributed by atoms with Crippen LogP contribution >= 0.6 is 0 Å². The highest BCUT2D eigenvalue weighted by Crippen LogP contribution is 2.20. The number of carbonyl (C=O) groups excluding carboxylic acids is 1. The van der Waals surface area contributed by atoms with Crippen LogP contribution in [0.2, 0.25) is 0 Å². The van der Waals surface area contributed by atoms with Crippen molar-refractivity contribution in [2.75, 3.05) is 0 Å². The Kier molecular flexibility index (Phi) is 5.06. The van der Waals surface area contributed by atoms with E-state index in [1.165, 1.54) is 0 Å². The highest BCUT2D eigenvalue weighted by Gasteiger charge is 2.08. The summed E-state index contributed by atoms with van der Waals surface area (Å²) in [5.74, 6) is -0.517. The minimum atomic E-state index is -0.517. The molecule has 0 unspecified atom stereocenters. The maximum absolute atomic E-state index is 11.0.